The van der Waals surface area contributed by atoms with Crippen LogP contribution in [0.1, 0.15) is 36.6 Å². The Kier molecular flexibility index (Phi) is 7.36. The van der Waals surface area contributed by atoms with E-state index in [1.807, 2.05) is 4.90 Å². The van der Waals surface area contributed by atoms with E-state index in [9.17, 15) is 4.79 Å². The molecule has 1 amide bonds. The smallest absolute Gasteiger partial charge is 0.318 e. The molecule has 2 aromatic carbocycles. The monoisotopic (exact) mass is 524 g/mol. The maximum Gasteiger partial charge on any atom is 0.318 e. The third-order valence-corrected chi connectivity index (χ3v) is 8.25. The fourth-order valence-corrected chi connectivity index (χ4v) is 6.06. The summed E-state index contributed by atoms with van der Waals surface area (Å²) in [5, 5.41) is 2.56. The van der Waals surface area contributed by atoms with Crippen molar-refractivity contribution in [3.63, 3.8) is 0 Å². The molecule has 4 heterocycles. The molecule has 0 saturated carbocycles. The maximum absolute atomic E-state index is 12.3. The van der Waals surface area contributed by atoms with Crippen LogP contribution in [0.15, 0.2) is 42.5 Å². The van der Waals surface area contributed by atoms with Crippen LogP contribution in [0.4, 0.5) is 5.82 Å². The zero-order chi connectivity index (χ0) is 26.8. The molecule has 0 bridgehead atoms. The van der Waals surface area contributed by atoms with Gasteiger partial charge in [-0.3, -0.25) is 9.69 Å². The lowest BCUT2D eigenvalue weighted by molar-refractivity contribution is -0.125. The van der Waals surface area contributed by atoms with Gasteiger partial charge in [-0.15, -0.1) is 0 Å². The van der Waals surface area contributed by atoms with Crippen molar-refractivity contribution >= 4 is 22.5 Å². The number of hydrogen-bond acceptors (Lipinski definition) is 7. The van der Waals surface area contributed by atoms with E-state index >= 15 is 0 Å². The van der Waals surface area contributed by atoms with Gasteiger partial charge in [-0.2, -0.15) is 9.97 Å². The van der Waals surface area contributed by atoms with Gasteiger partial charge in [0, 0.05) is 57.4 Å². The normalized spacial score (nSPS) is 19.7. The van der Waals surface area contributed by atoms with Gasteiger partial charge in [0.1, 0.15) is 12.4 Å². The van der Waals surface area contributed by atoms with E-state index in [1.54, 1.807) is 6.92 Å². The van der Waals surface area contributed by atoms with Gasteiger partial charge in [0.2, 0.25) is 0 Å². The predicted molar refractivity (Wildman–Crippen MR) is 152 cm³/mol. The fraction of sp³-hybridized carbons (Fsp3) is 0.452. The van der Waals surface area contributed by atoms with Gasteiger partial charge >= 0.3 is 6.01 Å². The second-order valence-electron chi connectivity index (χ2n) is 10.8. The number of hydrogen-bond donors (Lipinski definition) is 0. The van der Waals surface area contributed by atoms with Crippen LogP contribution in [0.25, 0.3) is 10.8 Å². The Morgan fingerprint density at radius 1 is 1.03 bits per heavy atom. The Labute approximate surface area is 230 Å². The molecule has 8 nitrogen and oxygen atoms in total. The lowest BCUT2D eigenvalue weighted by Gasteiger charge is -2.35. The molecule has 2 saturated heterocycles. The van der Waals surface area contributed by atoms with Crippen molar-refractivity contribution in [1.82, 2.24) is 24.7 Å². The summed E-state index contributed by atoms with van der Waals surface area (Å²) in [6.45, 7) is 8.52. The van der Waals surface area contributed by atoms with Crippen molar-refractivity contribution in [2.45, 2.75) is 45.4 Å². The Bertz CT molecular complexity index is 1420. The van der Waals surface area contributed by atoms with Gasteiger partial charge in [-0.25, -0.2) is 0 Å². The third kappa shape index (κ3) is 5.42. The van der Waals surface area contributed by atoms with E-state index in [1.165, 1.54) is 28.3 Å². The number of aromatic nitrogens is 2. The number of carbonyl (C=O) groups excluding carboxylic acids is 1. The highest BCUT2D eigenvalue weighted by Crippen LogP contribution is 2.33. The Balaban J connectivity index is 1.24. The van der Waals surface area contributed by atoms with Crippen LogP contribution < -0.4 is 9.64 Å². The number of nitrogens with zero attached hydrogens (tertiary/aromatic N) is 6. The van der Waals surface area contributed by atoms with Crippen LogP contribution in [0.3, 0.4) is 0 Å². The van der Waals surface area contributed by atoms with Gasteiger partial charge in [-0.05, 0) is 55.6 Å². The number of anilines is 1. The standard InChI is InChI=1S/C31H36N6O2/c1-3-8-29(38)36-15-17-37(18-16-36)30-27-20-35(19-24-11-6-10-23-9-4-5-13-26(23)24)21-28(27)32-31(33-30)39-22-25-12-7-14-34(25)2/h4-6,9-11,13,25H,7,12,14-22H2,1-2H3/t25-/m0/s1. The molecule has 2 fully saturated rings. The SMILES string of the molecule is CC#CC(=O)N1CCN(c2nc(OC[C@@H]3CCCN3C)nc3c2CN(Cc2cccc4ccccc24)C3)CC1. The molecule has 0 aliphatic carbocycles. The summed E-state index contributed by atoms with van der Waals surface area (Å²) in [6.07, 6.45) is 2.35. The molecule has 202 valence electrons. The molecule has 6 rings (SSSR count). The zero-order valence-electron chi connectivity index (χ0n) is 22.9. The predicted octanol–water partition coefficient (Wildman–Crippen LogP) is 3.29. The van der Waals surface area contributed by atoms with Gasteiger partial charge < -0.3 is 19.4 Å². The third-order valence-electron chi connectivity index (χ3n) is 8.25. The first kappa shape index (κ1) is 25.6. The lowest BCUT2D eigenvalue weighted by Crippen LogP contribution is -2.49. The van der Waals surface area contributed by atoms with Crippen molar-refractivity contribution in [2.24, 2.45) is 0 Å². The summed E-state index contributed by atoms with van der Waals surface area (Å²) >= 11 is 0. The lowest BCUT2D eigenvalue weighted by atomic mass is 10.0. The van der Waals surface area contributed by atoms with Gasteiger partial charge in [-0.1, -0.05) is 48.4 Å². The summed E-state index contributed by atoms with van der Waals surface area (Å²) in [5.74, 6) is 6.24. The first-order valence-electron chi connectivity index (χ1n) is 14.0. The van der Waals surface area contributed by atoms with Crippen LogP contribution in [0, 0.1) is 11.8 Å². The van der Waals surface area contributed by atoms with Crippen molar-refractivity contribution in [2.75, 3.05) is 51.3 Å². The number of likely N-dealkylation sites (tertiary alicyclic amines) is 1. The van der Waals surface area contributed by atoms with E-state index in [-0.39, 0.29) is 5.91 Å². The number of fused-ring (bicyclic) bond motifs is 2. The Morgan fingerprint density at radius 2 is 1.85 bits per heavy atom. The van der Waals surface area contributed by atoms with E-state index in [0.29, 0.717) is 44.8 Å². The quantitative estimate of drug-likeness (QED) is 0.459. The van der Waals surface area contributed by atoms with Crippen LogP contribution in [-0.4, -0.2) is 83.0 Å². The molecule has 0 radical (unpaired) electrons. The number of amides is 1. The molecule has 1 aromatic heterocycles. The average molecular weight is 525 g/mol. The summed E-state index contributed by atoms with van der Waals surface area (Å²) in [7, 11) is 2.16. The van der Waals surface area contributed by atoms with Crippen molar-refractivity contribution in [1.29, 1.82) is 0 Å². The number of rotatable bonds is 6. The number of benzene rings is 2. The molecule has 3 aliphatic rings. The Hall–Kier alpha value is -3.67. The van der Waals surface area contributed by atoms with Crippen LogP contribution >= 0.6 is 0 Å². The maximum atomic E-state index is 12.3. The van der Waals surface area contributed by atoms with Gasteiger partial charge in [0.05, 0.1) is 5.69 Å². The van der Waals surface area contributed by atoms with Gasteiger partial charge in [0.15, 0.2) is 0 Å². The number of ether oxygens (including phenoxy) is 1. The number of piperazine rings is 1. The molecule has 0 spiro atoms. The van der Waals surface area contributed by atoms with E-state index < -0.39 is 0 Å². The fourth-order valence-electron chi connectivity index (χ4n) is 6.06. The summed E-state index contributed by atoms with van der Waals surface area (Å²) in [5.41, 5.74) is 3.54. The minimum absolute atomic E-state index is 0.101. The van der Waals surface area contributed by atoms with Crippen molar-refractivity contribution in [3.05, 3.63) is 59.3 Å². The molecule has 0 unspecified atom stereocenters. The second-order valence-corrected chi connectivity index (χ2v) is 10.8. The molecule has 39 heavy (non-hydrogen) atoms. The van der Waals surface area contributed by atoms with Crippen LogP contribution in [0.2, 0.25) is 0 Å². The summed E-state index contributed by atoms with van der Waals surface area (Å²) in [4.78, 5) is 31.1. The van der Waals surface area contributed by atoms with Gasteiger partial charge in [0.25, 0.3) is 5.91 Å². The van der Waals surface area contributed by atoms with Crippen LogP contribution in [-0.2, 0) is 24.4 Å². The largest absolute Gasteiger partial charge is 0.462 e. The minimum atomic E-state index is -0.101. The molecule has 0 N–H and O–H groups in total. The average Bonchev–Trinajstić information content (AvgIpc) is 3.57. The highest BCUT2D eigenvalue weighted by Gasteiger charge is 2.31. The van der Waals surface area contributed by atoms with E-state index in [4.69, 9.17) is 14.7 Å². The highest BCUT2D eigenvalue weighted by atomic mass is 16.5. The topological polar surface area (TPSA) is 65.0 Å². The molecular formula is C31H36N6O2. The molecule has 3 aliphatic heterocycles. The first-order valence-corrected chi connectivity index (χ1v) is 14.0. The number of likely N-dealkylation sites (N-methyl/N-ethyl adjacent to an activating group) is 1. The highest BCUT2D eigenvalue weighted by molar-refractivity contribution is 5.93. The molecular weight excluding hydrogens is 488 g/mol. The van der Waals surface area contributed by atoms with Crippen LogP contribution in [0.5, 0.6) is 6.01 Å². The first-order chi connectivity index (χ1) is 19.1. The molecule has 3 aromatic rings. The molecule has 8 heteroatoms. The second kappa shape index (κ2) is 11.2. The number of carbonyl (C=O) groups is 1. The van der Waals surface area contributed by atoms with Crippen molar-refractivity contribution in [3.8, 4) is 17.9 Å². The zero-order valence-corrected chi connectivity index (χ0v) is 22.9. The van der Waals surface area contributed by atoms with Crippen molar-refractivity contribution < 1.29 is 9.53 Å². The Morgan fingerprint density at radius 3 is 2.64 bits per heavy atom. The molecule has 1 atom stereocenters. The van der Waals surface area contributed by atoms with E-state index in [0.717, 1.165) is 44.1 Å². The minimum Gasteiger partial charge on any atom is -0.462 e. The van der Waals surface area contributed by atoms with E-state index in [2.05, 4.69) is 76.1 Å². The summed E-state index contributed by atoms with van der Waals surface area (Å²) in [6, 6.07) is 16.0. The summed E-state index contributed by atoms with van der Waals surface area (Å²) < 4.78 is 6.23.